The fourth-order valence-electron chi connectivity index (χ4n) is 1.05. The van der Waals surface area contributed by atoms with Crippen molar-refractivity contribution in [1.82, 2.24) is 15.1 Å². The smallest absolute Gasteiger partial charge is 0.471 e. The van der Waals surface area contributed by atoms with E-state index in [4.69, 9.17) is 5.11 Å². The zero-order valence-corrected chi connectivity index (χ0v) is 8.58. The van der Waals surface area contributed by atoms with E-state index in [1.165, 1.54) is 7.05 Å². The summed E-state index contributed by atoms with van der Waals surface area (Å²) in [6.45, 7) is -0.449. The summed E-state index contributed by atoms with van der Waals surface area (Å²) in [6, 6.07) is 1.08. The number of rotatable bonds is 3. The molecule has 0 saturated carbocycles. The van der Waals surface area contributed by atoms with Gasteiger partial charge in [-0.15, -0.1) is 0 Å². The Morgan fingerprint density at radius 3 is 2.53 bits per heavy atom. The number of carbonyl (C=O) groups is 2. The lowest BCUT2D eigenvalue weighted by molar-refractivity contribution is -0.173. The molecular formula is C8H8F3N3O3. The number of nitrogens with one attached hydrogen (secondary N) is 1. The second kappa shape index (κ2) is 4.44. The molecule has 0 aliphatic heterocycles. The van der Waals surface area contributed by atoms with Crippen molar-refractivity contribution in [2.75, 3.05) is 0 Å². The van der Waals surface area contributed by atoms with E-state index in [-0.39, 0.29) is 11.4 Å². The number of aromatic nitrogens is 2. The van der Waals surface area contributed by atoms with Crippen LogP contribution in [0.3, 0.4) is 0 Å². The van der Waals surface area contributed by atoms with Crippen LogP contribution in [0.25, 0.3) is 0 Å². The molecule has 1 aromatic heterocycles. The Kier molecular flexibility index (Phi) is 3.39. The summed E-state index contributed by atoms with van der Waals surface area (Å²) >= 11 is 0. The molecule has 1 heterocycles. The zero-order chi connectivity index (χ0) is 13.2. The van der Waals surface area contributed by atoms with Gasteiger partial charge in [0, 0.05) is 7.05 Å². The van der Waals surface area contributed by atoms with E-state index in [9.17, 15) is 22.8 Å². The van der Waals surface area contributed by atoms with Crippen LogP contribution in [0.2, 0.25) is 0 Å². The number of nitrogens with zero attached hydrogens (tertiary/aromatic N) is 2. The Morgan fingerprint density at radius 1 is 1.53 bits per heavy atom. The molecule has 2 N–H and O–H groups in total. The van der Waals surface area contributed by atoms with Crippen LogP contribution in [0.5, 0.6) is 0 Å². The maximum Gasteiger partial charge on any atom is 0.471 e. The predicted octanol–water partition coefficient (Wildman–Crippen LogP) is 0.297. The molecule has 0 atom stereocenters. The first-order valence-corrected chi connectivity index (χ1v) is 4.33. The fourth-order valence-corrected chi connectivity index (χ4v) is 1.05. The Morgan fingerprint density at radius 2 is 2.12 bits per heavy atom. The molecule has 0 spiro atoms. The number of halogens is 3. The van der Waals surface area contributed by atoms with Crippen LogP contribution < -0.4 is 5.32 Å². The van der Waals surface area contributed by atoms with Gasteiger partial charge in [-0.3, -0.25) is 9.48 Å². The average molecular weight is 251 g/mol. The van der Waals surface area contributed by atoms with E-state index in [0.717, 1.165) is 10.7 Å². The van der Waals surface area contributed by atoms with Crippen molar-refractivity contribution in [3.63, 3.8) is 0 Å². The van der Waals surface area contributed by atoms with E-state index < -0.39 is 24.6 Å². The molecular weight excluding hydrogens is 243 g/mol. The number of carboxylic acid groups (broad SMARTS) is 1. The molecule has 0 aliphatic carbocycles. The lowest BCUT2D eigenvalue weighted by Gasteiger charge is -2.07. The number of carboxylic acids is 1. The minimum atomic E-state index is -4.96. The molecule has 1 rings (SSSR count). The Balaban J connectivity index is 2.70. The molecule has 0 aliphatic rings. The third-order valence-electron chi connectivity index (χ3n) is 1.88. The van der Waals surface area contributed by atoms with Crippen molar-refractivity contribution in [3.05, 3.63) is 17.5 Å². The van der Waals surface area contributed by atoms with Gasteiger partial charge in [0.15, 0.2) is 5.69 Å². The summed E-state index contributed by atoms with van der Waals surface area (Å²) in [5.74, 6) is -3.38. The number of alkyl halides is 3. The van der Waals surface area contributed by atoms with Crippen LogP contribution in [0.15, 0.2) is 6.07 Å². The molecule has 1 amide bonds. The highest BCUT2D eigenvalue weighted by molar-refractivity contribution is 5.85. The van der Waals surface area contributed by atoms with E-state index in [1.54, 1.807) is 5.32 Å². The molecule has 0 saturated heterocycles. The molecule has 17 heavy (non-hydrogen) atoms. The average Bonchev–Trinajstić information content (AvgIpc) is 2.55. The summed E-state index contributed by atoms with van der Waals surface area (Å²) in [4.78, 5) is 21.0. The minimum absolute atomic E-state index is 0.153. The maximum atomic E-state index is 11.9. The van der Waals surface area contributed by atoms with Gasteiger partial charge >= 0.3 is 18.1 Å². The standard InChI is InChI=1S/C8H8F3N3O3/c1-14-4(2-5(13-14)6(15)16)3-12-7(17)8(9,10)11/h2H,3H2,1H3,(H,12,17)(H,15,16). The number of carbonyl (C=O) groups excluding carboxylic acids is 1. The number of aryl methyl sites for hydroxylation is 1. The van der Waals surface area contributed by atoms with Crippen molar-refractivity contribution < 1.29 is 27.9 Å². The van der Waals surface area contributed by atoms with Crippen molar-refractivity contribution in [2.24, 2.45) is 7.05 Å². The number of hydrogen-bond donors (Lipinski definition) is 2. The topological polar surface area (TPSA) is 84.2 Å². The van der Waals surface area contributed by atoms with Gasteiger partial charge in [-0.2, -0.15) is 18.3 Å². The van der Waals surface area contributed by atoms with E-state index in [1.807, 2.05) is 0 Å². The lowest BCUT2D eigenvalue weighted by atomic mass is 10.3. The predicted molar refractivity (Wildman–Crippen MR) is 48.1 cm³/mol. The van der Waals surface area contributed by atoms with E-state index in [2.05, 4.69) is 5.10 Å². The molecule has 0 unspecified atom stereocenters. The van der Waals surface area contributed by atoms with E-state index >= 15 is 0 Å². The first kappa shape index (κ1) is 13.0. The maximum absolute atomic E-state index is 11.9. The molecule has 0 aromatic carbocycles. The fraction of sp³-hybridized carbons (Fsp3) is 0.375. The summed E-state index contributed by atoms with van der Waals surface area (Å²) < 4.78 is 36.7. The molecule has 0 fully saturated rings. The van der Waals surface area contributed by atoms with Gasteiger partial charge in [-0.1, -0.05) is 0 Å². The van der Waals surface area contributed by atoms with Crippen LogP contribution in [0, 0.1) is 0 Å². The summed E-state index contributed by atoms with van der Waals surface area (Å²) in [5, 5.41) is 13.7. The second-order valence-electron chi connectivity index (χ2n) is 3.13. The Labute approximate surface area is 93.0 Å². The van der Waals surface area contributed by atoms with Crippen LogP contribution in [-0.2, 0) is 18.4 Å². The normalized spacial score (nSPS) is 11.3. The van der Waals surface area contributed by atoms with Gasteiger partial charge in [-0.05, 0) is 6.07 Å². The lowest BCUT2D eigenvalue weighted by Crippen LogP contribution is -2.36. The minimum Gasteiger partial charge on any atom is -0.476 e. The van der Waals surface area contributed by atoms with Crippen molar-refractivity contribution in [2.45, 2.75) is 12.7 Å². The summed E-state index contributed by atoms with van der Waals surface area (Å²) in [6.07, 6.45) is -4.96. The van der Waals surface area contributed by atoms with Crippen LogP contribution in [-0.4, -0.2) is 32.9 Å². The SMILES string of the molecule is Cn1nc(C(=O)O)cc1CNC(=O)C(F)(F)F. The van der Waals surface area contributed by atoms with Crippen molar-refractivity contribution in [3.8, 4) is 0 Å². The number of amides is 1. The Bertz CT molecular complexity index is 453. The molecule has 0 radical (unpaired) electrons. The number of aromatic carboxylic acids is 1. The monoisotopic (exact) mass is 251 g/mol. The first-order valence-electron chi connectivity index (χ1n) is 4.33. The summed E-state index contributed by atoms with van der Waals surface area (Å²) in [7, 11) is 1.36. The number of hydrogen-bond acceptors (Lipinski definition) is 3. The largest absolute Gasteiger partial charge is 0.476 e. The highest BCUT2D eigenvalue weighted by atomic mass is 19.4. The van der Waals surface area contributed by atoms with Gasteiger partial charge in [0.25, 0.3) is 0 Å². The molecule has 9 heteroatoms. The van der Waals surface area contributed by atoms with Crippen molar-refractivity contribution in [1.29, 1.82) is 0 Å². The van der Waals surface area contributed by atoms with Crippen LogP contribution >= 0.6 is 0 Å². The van der Waals surface area contributed by atoms with Gasteiger partial charge < -0.3 is 10.4 Å². The molecule has 1 aromatic rings. The van der Waals surface area contributed by atoms with Gasteiger partial charge in [0.1, 0.15) is 0 Å². The third-order valence-corrected chi connectivity index (χ3v) is 1.88. The van der Waals surface area contributed by atoms with Crippen LogP contribution in [0.1, 0.15) is 16.2 Å². The molecule has 94 valence electrons. The van der Waals surface area contributed by atoms with Gasteiger partial charge in [0.2, 0.25) is 0 Å². The van der Waals surface area contributed by atoms with Gasteiger partial charge in [-0.25, -0.2) is 4.79 Å². The third kappa shape index (κ3) is 3.20. The summed E-state index contributed by atoms with van der Waals surface area (Å²) in [5.41, 5.74) is -0.149. The molecule has 0 bridgehead atoms. The zero-order valence-electron chi connectivity index (χ0n) is 8.58. The quantitative estimate of drug-likeness (QED) is 0.809. The van der Waals surface area contributed by atoms with Crippen LogP contribution in [0.4, 0.5) is 13.2 Å². The first-order chi connectivity index (χ1) is 7.71. The highest BCUT2D eigenvalue weighted by Gasteiger charge is 2.38. The van der Waals surface area contributed by atoms with Gasteiger partial charge in [0.05, 0.1) is 12.2 Å². The highest BCUT2D eigenvalue weighted by Crippen LogP contribution is 2.14. The second-order valence-corrected chi connectivity index (χ2v) is 3.13. The Hall–Kier alpha value is -2.06. The van der Waals surface area contributed by atoms with E-state index in [0.29, 0.717) is 0 Å². The van der Waals surface area contributed by atoms with Crippen molar-refractivity contribution >= 4 is 11.9 Å². The molecule has 6 nitrogen and oxygen atoms in total.